The van der Waals surface area contributed by atoms with Crippen LogP contribution in [0.15, 0.2) is 0 Å². The lowest BCUT2D eigenvalue weighted by Gasteiger charge is -2.23. The molecule has 17 heavy (non-hydrogen) atoms. The van der Waals surface area contributed by atoms with E-state index in [1.807, 2.05) is 0 Å². The Morgan fingerprint density at radius 3 is 2.59 bits per heavy atom. The van der Waals surface area contributed by atoms with Crippen molar-refractivity contribution >= 4 is 10.2 Å². The highest BCUT2D eigenvalue weighted by Gasteiger charge is 2.23. The molecule has 0 bridgehead atoms. The van der Waals surface area contributed by atoms with Crippen molar-refractivity contribution in [2.24, 2.45) is 11.7 Å². The Morgan fingerprint density at radius 1 is 1.29 bits per heavy atom. The van der Waals surface area contributed by atoms with Gasteiger partial charge in [-0.15, -0.1) is 0 Å². The highest BCUT2D eigenvalue weighted by atomic mass is 32.2. The molecule has 0 aromatic heterocycles. The first-order valence-corrected chi connectivity index (χ1v) is 7.54. The summed E-state index contributed by atoms with van der Waals surface area (Å²) in [5, 5.41) is 0. The minimum atomic E-state index is -3.27. The van der Waals surface area contributed by atoms with Crippen molar-refractivity contribution in [3.05, 3.63) is 0 Å². The fraction of sp³-hybridized carbons (Fsp3) is 1.00. The standard InChI is InChI=1S/C10H24N4O2S/c1-10(8-11)9-13-4-3-5-14(7-6-13)17(15,16)12-2/h10,12H,3-9,11H2,1-2H3. The van der Waals surface area contributed by atoms with Crippen molar-refractivity contribution in [1.29, 1.82) is 0 Å². The molecular weight excluding hydrogens is 240 g/mol. The van der Waals surface area contributed by atoms with Gasteiger partial charge in [-0.05, 0) is 25.4 Å². The molecule has 0 spiro atoms. The predicted octanol–water partition coefficient (Wildman–Crippen LogP) is -0.947. The van der Waals surface area contributed by atoms with E-state index >= 15 is 0 Å². The third-order valence-electron chi connectivity index (χ3n) is 3.12. The van der Waals surface area contributed by atoms with Gasteiger partial charge in [0, 0.05) is 33.2 Å². The molecule has 0 aliphatic carbocycles. The molecule has 102 valence electrons. The van der Waals surface area contributed by atoms with Gasteiger partial charge in [-0.3, -0.25) is 0 Å². The van der Waals surface area contributed by atoms with Gasteiger partial charge in [0.25, 0.3) is 10.2 Å². The molecule has 1 rings (SSSR count). The number of nitrogens with one attached hydrogen (secondary N) is 1. The fourth-order valence-corrected chi connectivity index (χ4v) is 2.96. The second-order valence-corrected chi connectivity index (χ2v) is 6.48. The number of nitrogens with zero attached hydrogens (tertiary/aromatic N) is 2. The van der Waals surface area contributed by atoms with E-state index < -0.39 is 10.2 Å². The van der Waals surface area contributed by atoms with Crippen LogP contribution in [0.5, 0.6) is 0 Å². The highest BCUT2D eigenvalue weighted by Crippen LogP contribution is 2.08. The Balaban J connectivity index is 2.50. The SMILES string of the molecule is CNS(=O)(=O)N1CCCN(CC(C)CN)CC1. The van der Waals surface area contributed by atoms with Crippen LogP contribution < -0.4 is 10.5 Å². The summed E-state index contributed by atoms with van der Waals surface area (Å²) >= 11 is 0. The van der Waals surface area contributed by atoms with Gasteiger partial charge in [0.05, 0.1) is 0 Å². The third kappa shape index (κ3) is 4.51. The lowest BCUT2D eigenvalue weighted by Crippen LogP contribution is -2.41. The maximum Gasteiger partial charge on any atom is 0.279 e. The molecule has 0 saturated carbocycles. The smallest absolute Gasteiger partial charge is 0.279 e. The van der Waals surface area contributed by atoms with E-state index in [4.69, 9.17) is 5.73 Å². The van der Waals surface area contributed by atoms with Crippen molar-refractivity contribution in [3.8, 4) is 0 Å². The molecule has 0 aromatic rings. The number of rotatable bonds is 5. The Labute approximate surface area is 104 Å². The lowest BCUT2D eigenvalue weighted by molar-refractivity contribution is 0.250. The Kier molecular flexibility index (Phi) is 5.81. The van der Waals surface area contributed by atoms with Crippen molar-refractivity contribution in [1.82, 2.24) is 13.9 Å². The Bertz CT molecular complexity index is 320. The second kappa shape index (κ2) is 6.65. The molecule has 1 saturated heterocycles. The highest BCUT2D eigenvalue weighted by molar-refractivity contribution is 7.87. The van der Waals surface area contributed by atoms with Gasteiger partial charge in [0.15, 0.2) is 0 Å². The normalized spacial score (nSPS) is 22.3. The summed E-state index contributed by atoms with van der Waals surface area (Å²) in [7, 11) is -1.82. The van der Waals surface area contributed by atoms with Gasteiger partial charge in [-0.1, -0.05) is 6.92 Å². The summed E-state index contributed by atoms with van der Waals surface area (Å²) in [5.41, 5.74) is 5.60. The van der Waals surface area contributed by atoms with Gasteiger partial charge in [0.2, 0.25) is 0 Å². The molecule has 0 amide bonds. The monoisotopic (exact) mass is 264 g/mol. The van der Waals surface area contributed by atoms with Gasteiger partial charge in [-0.25, -0.2) is 4.72 Å². The molecule has 1 unspecified atom stereocenters. The van der Waals surface area contributed by atoms with Crippen molar-refractivity contribution in [3.63, 3.8) is 0 Å². The van der Waals surface area contributed by atoms with Gasteiger partial charge in [-0.2, -0.15) is 12.7 Å². The van der Waals surface area contributed by atoms with E-state index in [1.54, 1.807) is 0 Å². The summed E-state index contributed by atoms with van der Waals surface area (Å²) in [4.78, 5) is 2.29. The molecule has 1 aliphatic heterocycles. The second-order valence-electron chi connectivity index (χ2n) is 4.60. The number of nitrogens with two attached hydrogens (primary N) is 1. The van der Waals surface area contributed by atoms with Gasteiger partial charge in [0.1, 0.15) is 0 Å². The molecule has 0 radical (unpaired) electrons. The van der Waals surface area contributed by atoms with E-state index in [0.717, 1.165) is 26.1 Å². The maximum atomic E-state index is 11.7. The van der Waals surface area contributed by atoms with Crippen LogP contribution in [0.25, 0.3) is 0 Å². The zero-order chi connectivity index (χ0) is 12.9. The van der Waals surface area contributed by atoms with E-state index in [-0.39, 0.29) is 0 Å². The molecule has 1 aliphatic rings. The average Bonchev–Trinajstić information content (AvgIpc) is 2.55. The summed E-state index contributed by atoms with van der Waals surface area (Å²) in [6, 6.07) is 0. The van der Waals surface area contributed by atoms with Crippen LogP contribution in [0, 0.1) is 5.92 Å². The molecule has 3 N–H and O–H groups in total. The van der Waals surface area contributed by atoms with Crippen LogP contribution in [-0.2, 0) is 10.2 Å². The molecule has 0 aromatic carbocycles. The zero-order valence-electron chi connectivity index (χ0n) is 10.7. The fourth-order valence-electron chi connectivity index (χ4n) is 2.01. The summed E-state index contributed by atoms with van der Waals surface area (Å²) in [5.74, 6) is 0.461. The van der Waals surface area contributed by atoms with Crippen molar-refractivity contribution in [2.45, 2.75) is 13.3 Å². The Hall–Kier alpha value is -0.210. The number of hydrogen-bond donors (Lipinski definition) is 2. The first-order chi connectivity index (χ1) is 7.99. The van der Waals surface area contributed by atoms with E-state index in [0.29, 0.717) is 25.6 Å². The van der Waals surface area contributed by atoms with Gasteiger partial charge < -0.3 is 10.6 Å². The van der Waals surface area contributed by atoms with Crippen LogP contribution in [-0.4, -0.2) is 63.9 Å². The average molecular weight is 264 g/mol. The number of hydrogen-bond acceptors (Lipinski definition) is 4. The van der Waals surface area contributed by atoms with E-state index in [1.165, 1.54) is 11.4 Å². The molecule has 7 heteroatoms. The first kappa shape index (κ1) is 14.8. The van der Waals surface area contributed by atoms with Crippen LogP contribution >= 0.6 is 0 Å². The summed E-state index contributed by atoms with van der Waals surface area (Å²) in [6.45, 7) is 6.62. The topological polar surface area (TPSA) is 78.7 Å². The molecule has 1 atom stereocenters. The van der Waals surface area contributed by atoms with Crippen molar-refractivity contribution in [2.75, 3.05) is 46.3 Å². The minimum Gasteiger partial charge on any atom is -0.330 e. The lowest BCUT2D eigenvalue weighted by atomic mass is 10.1. The summed E-state index contributed by atoms with van der Waals surface area (Å²) in [6.07, 6.45) is 0.873. The first-order valence-electron chi connectivity index (χ1n) is 6.10. The molecule has 6 nitrogen and oxygen atoms in total. The molecule has 1 fully saturated rings. The minimum absolute atomic E-state index is 0.461. The van der Waals surface area contributed by atoms with E-state index in [2.05, 4.69) is 16.5 Å². The van der Waals surface area contributed by atoms with Crippen LogP contribution in [0.4, 0.5) is 0 Å². The van der Waals surface area contributed by atoms with E-state index in [9.17, 15) is 8.42 Å². The maximum absolute atomic E-state index is 11.7. The third-order valence-corrected chi connectivity index (χ3v) is 4.68. The van der Waals surface area contributed by atoms with Crippen LogP contribution in [0.1, 0.15) is 13.3 Å². The molecule has 1 heterocycles. The van der Waals surface area contributed by atoms with Gasteiger partial charge >= 0.3 is 0 Å². The van der Waals surface area contributed by atoms with Crippen LogP contribution in [0.3, 0.4) is 0 Å². The predicted molar refractivity (Wildman–Crippen MR) is 68.8 cm³/mol. The summed E-state index contributed by atoms with van der Waals surface area (Å²) < 4.78 is 27.2. The zero-order valence-corrected chi connectivity index (χ0v) is 11.5. The van der Waals surface area contributed by atoms with Crippen LogP contribution in [0.2, 0.25) is 0 Å². The molecular formula is C10H24N4O2S. The quantitative estimate of drug-likeness (QED) is 0.671. The van der Waals surface area contributed by atoms with Crippen molar-refractivity contribution < 1.29 is 8.42 Å². The largest absolute Gasteiger partial charge is 0.330 e. The Morgan fingerprint density at radius 2 is 2.00 bits per heavy atom.